The summed E-state index contributed by atoms with van der Waals surface area (Å²) in [6.07, 6.45) is 0.234. The second kappa shape index (κ2) is 8.65. The Morgan fingerprint density at radius 2 is 1.50 bits per heavy atom. The number of hydrogen-bond donors (Lipinski definition) is 0. The molecule has 0 aliphatic carbocycles. The Morgan fingerprint density at radius 3 is 2.07 bits per heavy atom. The molecular weight excluding hydrogens is 354 g/mol. The molecule has 0 aromatic heterocycles. The van der Waals surface area contributed by atoms with Crippen molar-refractivity contribution in [3.8, 4) is 17.2 Å². The molecule has 0 aliphatic rings. The van der Waals surface area contributed by atoms with Crippen LogP contribution in [0, 0.1) is 0 Å². The van der Waals surface area contributed by atoms with E-state index in [0.717, 1.165) is 22.0 Å². The van der Waals surface area contributed by atoms with E-state index in [1.807, 2.05) is 49.4 Å². The van der Waals surface area contributed by atoms with Crippen LogP contribution in [0.1, 0.15) is 12.5 Å². The Balaban J connectivity index is 1.89. The van der Waals surface area contributed by atoms with Gasteiger partial charge in [0.15, 0.2) is 11.5 Å². The van der Waals surface area contributed by atoms with E-state index in [1.165, 1.54) is 0 Å². The molecule has 0 heterocycles. The standard InChI is InChI=1S/C23H25NO4/c1-5-24(19-11-10-17-8-6-7-9-18(17)15-19)22(25)14-16-12-20(26-2)23(28-4)21(13-16)27-3/h6-13,15H,5,14H2,1-4H3. The van der Waals surface area contributed by atoms with E-state index in [1.54, 1.807) is 26.2 Å². The fraction of sp³-hybridized carbons (Fsp3) is 0.261. The molecule has 5 heteroatoms. The van der Waals surface area contributed by atoms with Gasteiger partial charge in [0.05, 0.1) is 27.8 Å². The van der Waals surface area contributed by atoms with Gasteiger partial charge in [0.25, 0.3) is 0 Å². The third kappa shape index (κ3) is 3.88. The maximum Gasteiger partial charge on any atom is 0.231 e. The number of fused-ring (bicyclic) bond motifs is 1. The van der Waals surface area contributed by atoms with Crippen molar-refractivity contribution >= 4 is 22.4 Å². The summed E-state index contributed by atoms with van der Waals surface area (Å²) in [4.78, 5) is 14.8. The fourth-order valence-corrected chi connectivity index (χ4v) is 3.36. The van der Waals surface area contributed by atoms with Crippen LogP contribution in [0.2, 0.25) is 0 Å². The van der Waals surface area contributed by atoms with Crippen LogP contribution in [0.4, 0.5) is 5.69 Å². The molecule has 5 nitrogen and oxygen atoms in total. The molecule has 0 saturated heterocycles. The first-order valence-corrected chi connectivity index (χ1v) is 9.19. The van der Waals surface area contributed by atoms with E-state index in [4.69, 9.17) is 14.2 Å². The molecule has 0 fully saturated rings. The van der Waals surface area contributed by atoms with Crippen LogP contribution in [-0.4, -0.2) is 33.8 Å². The van der Waals surface area contributed by atoms with Crippen molar-refractivity contribution in [3.05, 3.63) is 60.2 Å². The number of benzene rings is 3. The number of ether oxygens (including phenoxy) is 3. The summed E-state index contributed by atoms with van der Waals surface area (Å²) in [5.41, 5.74) is 1.69. The van der Waals surface area contributed by atoms with Crippen molar-refractivity contribution in [3.63, 3.8) is 0 Å². The van der Waals surface area contributed by atoms with Crippen LogP contribution >= 0.6 is 0 Å². The van der Waals surface area contributed by atoms with Gasteiger partial charge < -0.3 is 19.1 Å². The van der Waals surface area contributed by atoms with Crippen LogP contribution in [0.3, 0.4) is 0 Å². The third-order valence-corrected chi connectivity index (χ3v) is 4.74. The lowest BCUT2D eigenvalue weighted by Crippen LogP contribution is -2.32. The van der Waals surface area contributed by atoms with Gasteiger partial charge in [-0.15, -0.1) is 0 Å². The lowest BCUT2D eigenvalue weighted by Gasteiger charge is -2.22. The number of rotatable bonds is 7. The Labute approximate surface area is 165 Å². The Hall–Kier alpha value is -3.21. The second-order valence-corrected chi connectivity index (χ2v) is 6.38. The van der Waals surface area contributed by atoms with Gasteiger partial charge in [-0.25, -0.2) is 0 Å². The lowest BCUT2D eigenvalue weighted by molar-refractivity contribution is -0.117. The fourth-order valence-electron chi connectivity index (χ4n) is 3.36. The van der Waals surface area contributed by atoms with Crippen LogP contribution in [0.5, 0.6) is 17.2 Å². The number of nitrogens with zero attached hydrogens (tertiary/aromatic N) is 1. The van der Waals surface area contributed by atoms with Crippen molar-refractivity contribution in [2.24, 2.45) is 0 Å². The van der Waals surface area contributed by atoms with E-state index in [-0.39, 0.29) is 12.3 Å². The monoisotopic (exact) mass is 379 g/mol. The average Bonchev–Trinajstić information content (AvgIpc) is 2.73. The SMILES string of the molecule is CCN(C(=O)Cc1cc(OC)c(OC)c(OC)c1)c1ccc2ccccc2c1. The zero-order valence-corrected chi connectivity index (χ0v) is 16.7. The first-order valence-electron chi connectivity index (χ1n) is 9.19. The highest BCUT2D eigenvalue weighted by Crippen LogP contribution is 2.38. The van der Waals surface area contributed by atoms with Gasteiger partial charge in [-0.3, -0.25) is 4.79 Å². The highest BCUT2D eigenvalue weighted by atomic mass is 16.5. The lowest BCUT2D eigenvalue weighted by atomic mass is 10.1. The highest BCUT2D eigenvalue weighted by Gasteiger charge is 2.18. The zero-order chi connectivity index (χ0) is 20.1. The van der Waals surface area contributed by atoms with Crippen LogP contribution in [-0.2, 0) is 11.2 Å². The van der Waals surface area contributed by atoms with Gasteiger partial charge in [0.1, 0.15) is 0 Å². The van der Waals surface area contributed by atoms with Gasteiger partial charge >= 0.3 is 0 Å². The molecule has 3 aromatic carbocycles. The molecule has 1 amide bonds. The van der Waals surface area contributed by atoms with Crippen molar-refractivity contribution < 1.29 is 19.0 Å². The summed E-state index contributed by atoms with van der Waals surface area (Å²) in [7, 11) is 4.69. The molecule has 3 rings (SSSR count). The van der Waals surface area contributed by atoms with E-state index >= 15 is 0 Å². The van der Waals surface area contributed by atoms with Gasteiger partial charge in [-0.1, -0.05) is 30.3 Å². The van der Waals surface area contributed by atoms with Crippen LogP contribution in [0.15, 0.2) is 54.6 Å². The van der Waals surface area contributed by atoms with E-state index in [9.17, 15) is 4.79 Å². The van der Waals surface area contributed by atoms with Crippen molar-refractivity contribution in [1.82, 2.24) is 0 Å². The molecule has 3 aromatic rings. The number of methoxy groups -OCH3 is 3. The summed E-state index contributed by atoms with van der Waals surface area (Å²) in [6.45, 7) is 2.56. The molecule has 0 N–H and O–H groups in total. The quantitative estimate of drug-likeness (QED) is 0.608. The van der Waals surface area contributed by atoms with Crippen molar-refractivity contribution in [1.29, 1.82) is 0 Å². The summed E-state index contributed by atoms with van der Waals surface area (Å²) in [5, 5.41) is 2.26. The molecule has 0 atom stereocenters. The van der Waals surface area contributed by atoms with E-state index in [0.29, 0.717) is 23.8 Å². The van der Waals surface area contributed by atoms with Crippen molar-refractivity contribution in [2.45, 2.75) is 13.3 Å². The molecule has 0 radical (unpaired) electrons. The summed E-state index contributed by atoms with van der Waals surface area (Å²) in [6, 6.07) is 17.8. The first-order chi connectivity index (χ1) is 13.6. The number of carbonyl (C=O) groups is 1. The third-order valence-electron chi connectivity index (χ3n) is 4.74. The maximum absolute atomic E-state index is 13.0. The Bertz CT molecular complexity index is 958. The summed E-state index contributed by atoms with van der Waals surface area (Å²) < 4.78 is 16.1. The van der Waals surface area contributed by atoms with Gasteiger partial charge in [0, 0.05) is 12.2 Å². The largest absolute Gasteiger partial charge is 0.493 e. The number of likely N-dealkylation sites (N-methyl/N-ethyl adjacent to an activating group) is 1. The highest BCUT2D eigenvalue weighted by molar-refractivity contribution is 5.97. The predicted molar refractivity (Wildman–Crippen MR) is 112 cm³/mol. The molecule has 28 heavy (non-hydrogen) atoms. The summed E-state index contributed by atoms with van der Waals surface area (Å²) >= 11 is 0. The van der Waals surface area contributed by atoms with Crippen molar-refractivity contribution in [2.75, 3.05) is 32.8 Å². The van der Waals surface area contributed by atoms with Gasteiger partial charge in [-0.2, -0.15) is 0 Å². The van der Waals surface area contributed by atoms with Gasteiger partial charge in [0.2, 0.25) is 11.7 Å². The minimum atomic E-state index is 0.00653. The number of amides is 1. The molecule has 0 aliphatic heterocycles. The second-order valence-electron chi connectivity index (χ2n) is 6.38. The van der Waals surface area contributed by atoms with Crippen LogP contribution < -0.4 is 19.1 Å². The summed E-state index contributed by atoms with van der Waals surface area (Å²) in [5.74, 6) is 1.60. The average molecular weight is 379 g/mol. The first kappa shape index (κ1) is 19.5. The zero-order valence-electron chi connectivity index (χ0n) is 16.7. The number of anilines is 1. The van der Waals surface area contributed by atoms with Crippen LogP contribution in [0.25, 0.3) is 10.8 Å². The minimum Gasteiger partial charge on any atom is -0.493 e. The normalized spacial score (nSPS) is 10.6. The van der Waals surface area contributed by atoms with E-state index in [2.05, 4.69) is 12.1 Å². The van der Waals surface area contributed by atoms with Gasteiger partial charge in [-0.05, 0) is 47.5 Å². The number of hydrogen-bond acceptors (Lipinski definition) is 4. The topological polar surface area (TPSA) is 48.0 Å². The molecule has 0 saturated carbocycles. The Morgan fingerprint density at radius 1 is 0.857 bits per heavy atom. The molecule has 0 spiro atoms. The smallest absolute Gasteiger partial charge is 0.231 e. The molecule has 0 unspecified atom stereocenters. The minimum absolute atomic E-state index is 0.00653. The molecule has 0 bridgehead atoms. The number of carbonyl (C=O) groups excluding carboxylic acids is 1. The molecular formula is C23H25NO4. The van der Waals surface area contributed by atoms with E-state index < -0.39 is 0 Å². The maximum atomic E-state index is 13.0. The predicted octanol–water partition coefficient (Wildman–Crippen LogP) is 4.46. The Kier molecular flexibility index (Phi) is 6.04. The molecule has 146 valence electrons.